The van der Waals surface area contributed by atoms with E-state index in [2.05, 4.69) is 15.3 Å². The number of carbonyl (C=O) groups is 1. The summed E-state index contributed by atoms with van der Waals surface area (Å²) in [5.41, 5.74) is 1.98. The molecule has 0 spiro atoms. The van der Waals surface area contributed by atoms with Crippen LogP contribution in [-0.2, 0) is 0 Å². The van der Waals surface area contributed by atoms with E-state index in [4.69, 9.17) is 0 Å². The Bertz CT molecular complexity index is 800. The predicted octanol–water partition coefficient (Wildman–Crippen LogP) is 3.39. The lowest BCUT2D eigenvalue weighted by molar-refractivity contribution is 0.102. The molecule has 1 amide bonds. The lowest BCUT2D eigenvalue weighted by Gasteiger charge is -2.00. The van der Waals surface area contributed by atoms with E-state index in [0.29, 0.717) is 5.13 Å². The highest BCUT2D eigenvalue weighted by Crippen LogP contribution is 2.26. The highest BCUT2D eigenvalue weighted by molar-refractivity contribution is 7.22. The van der Waals surface area contributed by atoms with E-state index in [-0.39, 0.29) is 5.69 Å². The molecule has 1 aromatic carbocycles. The first kappa shape index (κ1) is 12.7. The quantitative estimate of drug-likeness (QED) is 0.785. The minimum atomic E-state index is -0.495. The number of hydrogen-bond donors (Lipinski definition) is 1. The third-order valence-corrected chi connectivity index (χ3v) is 3.65. The summed E-state index contributed by atoms with van der Waals surface area (Å²) in [6.45, 7) is 1.99. The molecule has 0 bridgehead atoms. The number of hydrogen-bond acceptors (Lipinski definition) is 4. The van der Waals surface area contributed by atoms with Crippen molar-refractivity contribution in [1.29, 1.82) is 0 Å². The Morgan fingerprint density at radius 1 is 1.30 bits per heavy atom. The van der Waals surface area contributed by atoms with Crippen LogP contribution >= 0.6 is 11.3 Å². The molecule has 0 aliphatic carbocycles. The van der Waals surface area contributed by atoms with Crippen molar-refractivity contribution in [3.8, 4) is 0 Å². The van der Waals surface area contributed by atoms with Gasteiger partial charge < -0.3 is 0 Å². The zero-order chi connectivity index (χ0) is 14.1. The molecule has 0 saturated heterocycles. The number of carbonyl (C=O) groups excluding carboxylic acids is 1. The Balaban J connectivity index is 1.87. The van der Waals surface area contributed by atoms with Gasteiger partial charge in [-0.05, 0) is 30.7 Å². The van der Waals surface area contributed by atoms with Gasteiger partial charge in [-0.2, -0.15) is 0 Å². The van der Waals surface area contributed by atoms with E-state index in [1.807, 2.05) is 25.1 Å². The number of aromatic nitrogens is 2. The molecule has 2 heterocycles. The highest BCUT2D eigenvalue weighted by atomic mass is 32.1. The Morgan fingerprint density at radius 3 is 2.95 bits per heavy atom. The first-order valence-corrected chi connectivity index (χ1v) is 6.73. The van der Waals surface area contributed by atoms with E-state index in [0.717, 1.165) is 21.8 Å². The van der Waals surface area contributed by atoms with E-state index in [1.165, 1.54) is 23.6 Å². The molecule has 0 fully saturated rings. The molecule has 0 atom stereocenters. The van der Waals surface area contributed by atoms with Gasteiger partial charge in [-0.25, -0.2) is 9.37 Å². The van der Waals surface area contributed by atoms with E-state index in [1.54, 1.807) is 0 Å². The van der Waals surface area contributed by atoms with Crippen LogP contribution in [0.1, 0.15) is 16.1 Å². The fraction of sp³-hybridized carbons (Fsp3) is 0.0714. The summed E-state index contributed by atoms with van der Waals surface area (Å²) < 4.78 is 14.0. The standard InChI is InChI=1S/C14H10FN3OS/c1-8-2-3-10-12(6-8)20-14(17-10)18-13(19)11-7-9(15)4-5-16-11/h2-7H,1H3,(H,17,18,19)/i15-1. The second-order valence-corrected chi connectivity index (χ2v) is 5.33. The van der Waals surface area contributed by atoms with E-state index < -0.39 is 11.7 Å². The molecule has 0 aliphatic rings. The van der Waals surface area contributed by atoms with Crippen LogP contribution in [0.2, 0.25) is 0 Å². The van der Waals surface area contributed by atoms with Crippen LogP contribution in [-0.4, -0.2) is 15.9 Å². The first-order valence-electron chi connectivity index (χ1n) is 5.92. The summed E-state index contributed by atoms with van der Waals surface area (Å²) in [5.74, 6) is -0.967. The van der Waals surface area contributed by atoms with Crippen molar-refractivity contribution in [2.75, 3.05) is 5.32 Å². The van der Waals surface area contributed by atoms with Crippen LogP contribution in [0.25, 0.3) is 10.2 Å². The molecular weight excluding hydrogens is 276 g/mol. The molecular formula is C14H10FN3OS. The fourth-order valence-electron chi connectivity index (χ4n) is 1.78. The number of fused-ring (bicyclic) bond motifs is 1. The van der Waals surface area contributed by atoms with E-state index >= 15 is 0 Å². The SMILES string of the molecule is Cc1ccc2nc(NC(=O)c3cc([18F])ccn3)sc2c1. The van der Waals surface area contributed by atoms with Gasteiger partial charge in [0.2, 0.25) is 0 Å². The van der Waals surface area contributed by atoms with Crippen LogP contribution in [0.5, 0.6) is 0 Å². The van der Waals surface area contributed by atoms with Crippen molar-refractivity contribution >= 4 is 32.6 Å². The zero-order valence-electron chi connectivity index (χ0n) is 10.6. The average molecular weight is 286 g/mol. The lowest BCUT2D eigenvalue weighted by atomic mass is 10.2. The number of nitrogens with zero attached hydrogens (tertiary/aromatic N) is 2. The predicted molar refractivity (Wildman–Crippen MR) is 76.5 cm³/mol. The maximum Gasteiger partial charge on any atom is 0.276 e. The Kier molecular flexibility index (Phi) is 3.15. The highest BCUT2D eigenvalue weighted by Gasteiger charge is 2.11. The maximum absolute atomic E-state index is 13.0. The number of aryl methyl sites for hydroxylation is 1. The Morgan fingerprint density at radius 2 is 2.15 bits per heavy atom. The maximum atomic E-state index is 13.0. The minimum absolute atomic E-state index is 0.0282. The van der Waals surface area contributed by atoms with Crippen LogP contribution < -0.4 is 5.32 Å². The van der Waals surface area contributed by atoms with Gasteiger partial charge in [0, 0.05) is 12.3 Å². The van der Waals surface area contributed by atoms with Crippen molar-refractivity contribution in [2.24, 2.45) is 0 Å². The molecule has 0 saturated carbocycles. The molecule has 20 heavy (non-hydrogen) atoms. The van der Waals surface area contributed by atoms with Crippen LogP contribution in [0.4, 0.5) is 9.52 Å². The Hall–Kier alpha value is -2.34. The average Bonchev–Trinajstić information content (AvgIpc) is 2.80. The monoisotopic (exact) mass is 286 g/mol. The summed E-state index contributed by atoms with van der Waals surface area (Å²) in [7, 11) is 0. The Labute approximate surface area is 118 Å². The second kappa shape index (κ2) is 4.97. The van der Waals surface area contributed by atoms with Crippen LogP contribution in [0.15, 0.2) is 36.5 Å². The molecule has 0 aliphatic heterocycles. The third kappa shape index (κ3) is 2.50. The number of rotatable bonds is 2. The van der Waals surface area contributed by atoms with Crippen molar-refractivity contribution < 1.29 is 9.18 Å². The fourth-order valence-corrected chi connectivity index (χ4v) is 2.73. The summed E-state index contributed by atoms with van der Waals surface area (Å²) >= 11 is 1.37. The normalized spacial score (nSPS) is 10.7. The van der Waals surface area contributed by atoms with E-state index in [9.17, 15) is 9.18 Å². The van der Waals surface area contributed by atoms with Crippen molar-refractivity contribution in [3.05, 3.63) is 53.6 Å². The van der Waals surface area contributed by atoms with Crippen molar-refractivity contribution in [3.63, 3.8) is 0 Å². The van der Waals surface area contributed by atoms with Gasteiger partial charge >= 0.3 is 0 Å². The van der Waals surface area contributed by atoms with Gasteiger partial charge in [0.05, 0.1) is 10.2 Å². The number of amides is 1. The van der Waals surface area contributed by atoms with Gasteiger partial charge in [-0.15, -0.1) is 0 Å². The smallest absolute Gasteiger partial charge is 0.276 e. The van der Waals surface area contributed by atoms with Gasteiger partial charge in [-0.3, -0.25) is 15.1 Å². The molecule has 100 valence electrons. The van der Waals surface area contributed by atoms with Gasteiger partial charge in [0.15, 0.2) is 5.13 Å². The summed E-state index contributed by atoms with van der Waals surface area (Å²) in [6.07, 6.45) is 1.26. The third-order valence-electron chi connectivity index (χ3n) is 2.72. The second-order valence-electron chi connectivity index (χ2n) is 4.30. The number of pyridine rings is 1. The summed E-state index contributed by atoms with van der Waals surface area (Å²) in [4.78, 5) is 20.1. The lowest BCUT2D eigenvalue weighted by Crippen LogP contribution is -2.13. The molecule has 1 N–H and O–H groups in total. The topological polar surface area (TPSA) is 54.9 Å². The summed E-state index contributed by atoms with van der Waals surface area (Å²) in [5, 5.41) is 3.11. The van der Waals surface area contributed by atoms with Crippen molar-refractivity contribution in [2.45, 2.75) is 6.92 Å². The molecule has 3 rings (SSSR count). The van der Waals surface area contributed by atoms with Gasteiger partial charge in [-0.1, -0.05) is 17.4 Å². The zero-order valence-corrected chi connectivity index (χ0v) is 11.4. The molecule has 2 aromatic heterocycles. The minimum Gasteiger partial charge on any atom is -0.296 e. The molecule has 3 aromatic rings. The van der Waals surface area contributed by atoms with Crippen molar-refractivity contribution in [1.82, 2.24) is 9.97 Å². The molecule has 0 radical (unpaired) electrons. The number of halogens is 1. The largest absolute Gasteiger partial charge is 0.296 e. The number of anilines is 1. The van der Waals surface area contributed by atoms with Crippen LogP contribution in [0.3, 0.4) is 0 Å². The molecule has 0 unspecified atom stereocenters. The molecule has 4 nitrogen and oxygen atoms in total. The number of benzene rings is 1. The number of thiazole rings is 1. The van der Waals surface area contributed by atoms with Crippen LogP contribution in [0, 0.1) is 12.7 Å². The number of nitrogens with one attached hydrogen (secondary N) is 1. The summed E-state index contributed by atoms with van der Waals surface area (Å²) in [6, 6.07) is 8.15. The van der Waals surface area contributed by atoms with Gasteiger partial charge in [0.1, 0.15) is 11.5 Å². The molecule has 6 heteroatoms. The van der Waals surface area contributed by atoms with Gasteiger partial charge in [0.25, 0.3) is 5.91 Å². The first-order chi connectivity index (χ1) is 9.61.